The van der Waals surface area contributed by atoms with Crippen LogP contribution in [0.25, 0.3) is 5.57 Å². The Labute approximate surface area is 90.7 Å². The van der Waals surface area contributed by atoms with Crippen LogP contribution in [0, 0.1) is 0 Å². The molecule has 0 unspecified atom stereocenters. The van der Waals surface area contributed by atoms with Crippen molar-refractivity contribution in [2.24, 2.45) is 0 Å². The number of hydrogen-bond acceptors (Lipinski definition) is 3. The van der Waals surface area contributed by atoms with Gasteiger partial charge in [-0.3, -0.25) is 0 Å². The molecule has 0 fully saturated rings. The summed E-state index contributed by atoms with van der Waals surface area (Å²) in [6, 6.07) is 4.05. The number of carbonyl (C=O) groups is 1. The summed E-state index contributed by atoms with van der Waals surface area (Å²) >= 11 is 5.67. The summed E-state index contributed by atoms with van der Waals surface area (Å²) in [5.41, 5.74) is -0.0949. The van der Waals surface area contributed by atoms with E-state index in [0.717, 1.165) is 5.41 Å². The van der Waals surface area contributed by atoms with Crippen LogP contribution in [0.3, 0.4) is 0 Å². The molecule has 78 valence electrons. The maximum Gasteiger partial charge on any atom is 0.337 e. The molecule has 1 aliphatic heterocycles. The van der Waals surface area contributed by atoms with Gasteiger partial charge in [0.2, 0.25) is 9.84 Å². The van der Waals surface area contributed by atoms with Crippen molar-refractivity contribution in [1.29, 1.82) is 0 Å². The Morgan fingerprint density at radius 2 is 2.00 bits per heavy atom. The molecule has 0 amide bonds. The first-order valence-corrected chi connectivity index (χ1v) is 5.84. The first-order valence-electron chi connectivity index (χ1n) is 3.92. The number of hydrogen-bond donors (Lipinski definition) is 1. The van der Waals surface area contributed by atoms with Gasteiger partial charge in [0.05, 0.1) is 15.9 Å². The largest absolute Gasteiger partial charge is 0.478 e. The lowest BCUT2D eigenvalue weighted by Gasteiger charge is -2.00. The third kappa shape index (κ3) is 1.53. The Kier molecular flexibility index (Phi) is 2.09. The van der Waals surface area contributed by atoms with Crippen LogP contribution in [-0.4, -0.2) is 19.5 Å². The summed E-state index contributed by atoms with van der Waals surface area (Å²) in [6.45, 7) is 0. The summed E-state index contributed by atoms with van der Waals surface area (Å²) in [4.78, 5) is 10.8. The molecule has 0 atom stereocenters. The minimum Gasteiger partial charge on any atom is -0.478 e. The Hall–Kier alpha value is -1.33. The smallest absolute Gasteiger partial charge is 0.337 e. The van der Waals surface area contributed by atoms with E-state index in [0.29, 0.717) is 5.02 Å². The van der Waals surface area contributed by atoms with E-state index in [-0.39, 0.29) is 16.0 Å². The van der Waals surface area contributed by atoms with Gasteiger partial charge in [0.25, 0.3) is 0 Å². The molecule has 0 aromatic heterocycles. The average Bonchev–Trinajstić information content (AvgIpc) is 2.38. The fourth-order valence-corrected chi connectivity index (χ4v) is 2.98. The number of benzene rings is 1. The molecule has 0 spiro atoms. The third-order valence-corrected chi connectivity index (χ3v) is 3.79. The van der Waals surface area contributed by atoms with Gasteiger partial charge < -0.3 is 5.11 Å². The highest BCUT2D eigenvalue weighted by atomic mass is 35.5. The number of fused-ring (bicyclic) bond motifs is 1. The van der Waals surface area contributed by atoms with Crippen LogP contribution in [0.2, 0.25) is 5.02 Å². The van der Waals surface area contributed by atoms with Crippen LogP contribution in [0.1, 0.15) is 5.56 Å². The number of aliphatic carboxylic acids is 1. The van der Waals surface area contributed by atoms with Crippen molar-refractivity contribution in [3.8, 4) is 0 Å². The van der Waals surface area contributed by atoms with Gasteiger partial charge in [-0.1, -0.05) is 11.6 Å². The predicted octanol–water partition coefficient (Wildman–Crippen LogP) is 1.55. The van der Waals surface area contributed by atoms with E-state index in [1.165, 1.54) is 18.2 Å². The van der Waals surface area contributed by atoms with E-state index in [1.807, 2.05) is 0 Å². The van der Waals surface area contributed by atoms with Crippen molar-refractivity contribution in [2.75, 3.05) is 0 Å². The zero-order valence-corrected chi connectivity index (χ0v) is 8.84. The lowest BCUT2D eigenvalue weighted by molar-refractivity contribution is -0.130. The van der Waals surface area contributed by atoms with Crippen molar-refractivity contribution in [1.82, 2.24) is 0 Å². The average molecular weight is 245 g/mol. The van der Waals surface area contributed by atoms with Gasteiger partial charge in [-0.05, 0) is 18.2 Å². The molecule has 0 radical (unpaired) electrons. The molecule has 1 N–H and O–H groups in total. The quantitative estimate of drug-likeness (QED) is 0.814. The third-order valence-electron chi connectivity index (χ3n) is 2.04. The topological polar surface area (TPSA) is 71.4 Å². The van der Waals surface area contributed by atoms with Crippen LogP contribution < -0.4 is 0 Å². The summed E-state index contributed by atoms with van der Waals surface area (Å²) in [7, 11) is -3.62. The Morgan fingerprint density at radius 1 is 1.33 bits per heavy atom. The zero-order chi connectivity index (χ0) is 11.2. The van der Waals surface area contributed by atoms with Gasteiger partial charge in [-0.15, -0.1) is 0 Å². The molecular weight excluding hydrogens is 240 g/mol. The SMILES string of the molecule is O=C(O)C1=CS(=O)(=O)c2ccc(Cl)cc21. The maximum atomic E-state index is 11.5. The van der Waals surface area contributed by atoms with Crippen molar-refractivity contribution in [3.05, 3.63) is 34.2 Å². The number of carboxylic acid groups (broad SMARTS) is 1. The first kappa shape index (κ1) is 10.2. The predicted molar refractivity (Wildman–Crippen MR) is 54.3 cm³/mol. The molecule has 2 rings (SSSR count). The van der Waals surface area contributed by atoms with E-state index >= 15 is 0 Å². The molecule has 0 aliphatic carbocycles. The van der Waals surface area contributed by atoms with E-state index in [1.54, 1.807) is 0 Å². The summed E-state index contributed by atoms with van der Waals surface area (Å²) in [6.07, 6.45) is 0. The number of halogens is 1. The second kappa shape index (κ2) is 3.08. The van der Waals surface area contributed by atoms with Crippen molar-refractivity contribution < 1.29 is 18.3 Å². The Balaban J connectivity index is 2.80. The van der Waals surface area contributed by atoms with Crippen molar-refractivity contribution in [2.45, 2.75) is 4.90 Å². The van der Waals surface area contributed by atoms with Gasteiger partial charge in [-0.2, -0.15) is 0 Å². The second-order valence-corrected chi connectivity index (χ2v) is 5.22. The maximum absolute atomic E-state index is 11.5. The molecule has 0 saturated heterocycles. The highest BCUT2D eigenvalue weighted by Gasteiger charge is 2.30. The highest BCUT2D eigenvalue weighted by Crippen LogP contribution is 2.34. The molecule has 1 aromatic rings. The number of rotatable bonds is 1. The van der Waals surface area contributed by atoms with Gasteiger partial charge in [-0.25, -0.2) is 13.2 Å². The van der Waals surface area contributed by atoms with Gasteiger partial charge in [0, 0.05) is 10.6 Å². The van der Waals surface area contributed by atoms with Crippen LogP contribution in [0.15, 0.2) is 28.5 Å². The molecule has 6 heteroatoms. The monoisotopic (exact) mass is 244 g/mol. The van der Waals surface area contributed by atoms with Crippen LogP contribution in [0.4, 0.5) is 0 Å². The molecular formula is C9H5ClO4S. The summed E-state index contributed by atoms with van der Waals surface area (Å²) in [5, 5.41) is 9.86. The lowest BCUT2D eigenvalue weighted by Crippen LogP contribution is -1.97. The fraction of sp³-hybridized carbons (Fsp3) is 0. The minimum absolute atomic E-state index is 0.00991. The fourth-order valence-electron chi connectivity index (χ4n) is 1.41. The molecule has 0 saturated carbocycles. The Morgan fingerprint density at radius 3 is 2.60 bits per heavy atom. The molecule has 1 aromatic carbocycles. The lowest BCUT2D eigenvalue weighted by atomic mass is 10.1. The van der Waals surface area contributed by atoms with Crippen LogP contribution in [-0.2, 0) is 14.6 Å². The number of sulfone groups is 1. The van der Waals surface area contributed by atoms with E-state index < -0.39 is 15.8 Å². The second-order valence-electron chi connectivity index (χ2n) is 3.02. The highest BCUT2D eigenvalue weighted by molar-refractivity contribution is 7.95. The molecule has 4 nitrogen and oxygen atoms in total. The first-order chi connectivity index (χ1) is 6.92. The summed E-state index contributed by atoms with van der Waals surface area (Å²) < 4.78 is 23.0. The van der Waals surface area contributed by atoms with Crippen molar-refractivity contribution in [3.63, 3.8) is 0 Å². The van der Waals surface area contributed by atoms with E-state index in [9.17, 15) is 13.2 Å². The van der Waals surface area contributed by atoms with Crippen molar-refractivity contribution >= 4 is 33.0 Å². The molecule has 1 heterocycles. The van der Waals surface area contributed by atoms with E-state index in [2.05, 4.69) is 0 Å². The molecule has 1 aliphatic rings. The zero-order valence-electron chi connectivity index (χ0n) is 7.27. The molecule has 0 bridgehead atoms. The number of carboxylic acids is 1. The van der Waals surface area contributed by atoms with Gasteiger partial charge in [0.1, 0.15) is 0 Å². The van der Waals surface area contributed by atoms with E-state index in [4.69, 9.17) is 16.7 Å². The summed E-state index contributed by atoms with van der Waals surface area (Å²) in [5.74, 6) is -1.28. The van der Waals surface area contributed by atoms with Gasteiger partial charge >= 0.3 is 5.97 Å². The molecule has 15 heavy (non-hydrogen) atoms. The minimum atomic E-state index is -3.62. The van der Waals surface area contributed by atoms with Crippen LogP contribution in [0.5, 0.6) is 0 Å². The Bertz CT molecular complexity index is 586. The van der Waals surface area contributed by atoms with Crippen LogP contribution >= 0.6 is 11.6 Å². The standard InChI is InChI=1S/C9H5ClO4S/c10-5-1-2-8-6(3-5)7(9(11)12)4-15(8,13)14/h1-4H,(H,11,12). The van der Waals surface area contributed by atoms with Gasteiger partial charge in [0.15, 0.2) is 0 Å². The normalized spacial score (nSPS) is 17.0.